The third kappa shape index (κ3) is 2.24. The normalized spacial score (nSPS) is 13.9. The van der Waals surface area contributed by atoms with Gasteiger partial charge >= 0.3 is 0 Å². The lowest BCUT2D eigenvalue weighted by molar-refractivity contribution is 0.0995. The van der Waals surface area contributed by atoms with E-state index in [-0.39, 0.29) is 11.7 Å². The summed E-state index contributed by atoms with van der Waals surface area (Å²) in [6.45, 7) is 3.53. The van der Waals surface area contributed by atoms with Crippen molar-refractivity contribution in [3.05, 3.63) is 47.2 Å². The summed E-state index contributed by atoms with van der Waals surface area (Å²) in [5.74, 6) is 0.0217. The zero-order valence-corrected chi connectivity index (χ0v) is 10.7. The molecule has 0 spiro atoms. The van der Waals surface area contributed by atoms with Crippen molar-refractivity contribution >= 4 is 11.6 Å². The number of amides is 1. The van der Waals surface area contributed by atoms with Gasteiger partial charge in [-0.2, -0.15) is 0 Å². The Morgan fingerprint density at radius 2 is 2.37 bits per heavy atom. The Balaban J connectivity index is 1.88. The zero-order chi connectivity index (χ0) is 13.2. The van der Waals surface area contributed by atoms with E-state index in [2.05, 4.69) is 21.7 Å². The molecule has 2 heterocycles. The van der Waals surface area contributed by atoms with E-state index < -0.39 is 0 Å². The van der Waals surface area contributed by atoms with Crippen molar-refractivity contribution in [2.24, 2.45) is 0 Å². The van der Waals surface area contributed by atoms with E-state index >= 15 is 0 Å². The van der Waals surface area contributed by atoms with Crippen LogP contribution in [0.25, 0.3) is 0 Å². The first-order chi connectivity index (χ1) is 9.25. The van der Waals surface area contributed by atoms with Gasteiger partial charge in [-0.1, -0.05) is 12.1 Å². The molecule has 19 heavy (non-hydrogen) atoms. The molecule has 5 nitrogen and oxygen atoms in total. The number of fused-ring (bicyclic) bond motifs is 1. The molecule has 1 aromatic heterocycles. The van der Waals surface area contributed by atoms with Crippen LogP contribution in [0.1, 0.15) is 27.4 Å². The molecule has 0 saturated heterocycles. The van der Waals surface area contributed by atoms with Crippen molar-refractivity contribution in [3.63, 3.8) is 0 Å². The number of nitrogens with zero attached hydrogens (tertiary/aromatic N) is 1. The summed E-state index contributed by atoms with van der Waals surface area (Å²) in [7, 11) is 0. The lowest BCUT2D eigenvalue weighted by Crippen LogP contribution is -2.25. The van der Waals surface area contributed by atoms with Gasteiger partial charge in [0.15, 0.2) is 6.39 Å². The molecule has 5 heteroatoms. The molecule has 0 fully saturated rings. The Hall–Kier alpha value is -2.14. The standard InChI is InChI=1S/C14H15N3O2/c1-9-13(19-8-16-9)14(18)17-12-4-2-3-10-7-15-6-5-11(10)12/h2-4,8,15H,5-7H2,1H3,(H,17,18). The van der Waals surface area contributed by atoms with E-state index in [1.165, 1.54) is 17.5 Å². The van der Waals surface area contributed by atoms with Gasteiger partial charge < -0.3 is 15.1 Å². The topological polar surface area (TPSA) is 67.2 Å². The Kier molecular flexibility index (Phi) is 3.05. The lowest BCUT2D eigenvalue weighted by atomic mass is 9.99. The van der Waals surface area contributed by atoms with Crippen molar-refractivity contribution in [2.75, 3.05) is 11.9 Å². The minimum atomic E-state index is -0.248. The van der Waals surface area contributed by atoms with E-state index in [9.17, 15) is 4.79 Å². The molecule has 1 amide bonds. The minimum Gasteiger partial charge on any atom is -0.438 e. The van der Waals surface area contributed by atoms with Gasteiger partial charge in [-0.3, -0.25) is 4.79 Å². The van der Waals surface area contributed by atoms with Crippen LogP contribution in [0.4, 0.5) is 5.69 Å². The molecule has 3 rings (SSSR count). The van der Waals surface area contributed by atoms with Crippen LogP contribution in [-0.2, 0) is 13.0 Å². The zero-order valence-electron chi connectivity index (χ0n) is 10.7. The summed E-state index contributed by atoms with van der Waals surface area (Å²) in [6, 6.07) is 5.96. The summed E-state index contributed by atoms with van der Waals surface area (Å²) >= 11 is 0. The molecule has 0 radical (unpaired) electrons. The number of hydrogen-bond acceptors (Lipinski definition) is 4. The van der Waals surface area contributed by atoms with Crippen LogP contribution in [-0.4, -0.2) is 17.4 Å². The van der Waals surface area contributed by atoms with Crippen LogP contribution >= 0.6 is 0 Å². The second kappa shape index (κ2) is 4.85. The second-order valence-corrected chi connectivity index (χ2v) is 4.59. The van der Waals surface area contributed by atoms with Crippen molar-refractivity contribution in [1.29, 1.82) is 0 Å². The van der Waals surface area contributed by atoms with Gasteiger partial charge in [0.1, 0.15) is 0 Å². The highest BCUT2D eigenvalue weighted by molar-refractivity contribution is 6.03. The number of anilines is 1. The number of oxazole rings is 1. The maximum atomic E-state index is 12.1. The first-order valence-corrected chi connectivity index (χ1v) is 6.28. The number of aromatic nitrogens is 1. The van der Waals surface area contributed by atoms with E-state index in [1.807, 2.05) is 12.1 Å². The monoisotopic (exact) mass is 257 g/mol. The highest BCUT2D eigenvalue weighted by atomic mass is 16.3. The molecule has 0 unspecified atom stereocenters. The van der Waals surface area contributed by atoms with Crippen LogP contribution in [0.2, 0.25) is 0 Å². The quantitative estimate of drug-likeness (QED) is 0.862. The van der Waals surface area contributed by atoms with Gasteiger partial charge in [0.05, 0.1) is 5.69 Å². The van der Waals surface area contributed by atoms with E-state index in [0.717, 1.165) is 25.2 Å². The molecule has 1 aliphatic heterocycles. The molecule has 0 bridgehead atoms. The summed E-state index contributed by atoms with van der Waals surface area (Å²) in [5, 5.41) is 6.23. The number of benzene rings is 1. The first-order valence-electron chi connectivity index (χ1n) is 6.28. The average Bonchev–Trinajstić information content (AvgIpc) is 2.85. The molecule has 2 aromatic rings. The summed E-state index contributed by atoms with van der Waals surface area (Å²) < 4.78 is 5.11. The van der Waals surface area contributed by atoms with Gasteiger partial charge in [0.25, 0.3) is 5.91 Å². The predicted octanol–water partition coefficient (Wildman–Crippen LogP) is 1.88. The number of nitrogens with one attached hydrogen (secondary N) is 2. The van der Waals surface area contributed by atoms with Gasteiger partial charge in [0, 0.05) is 12.2 Å². The van der Waals surface area contributed by atoms with Crippen LogP contribution in [0.15, 0.2) is 29.0 Å². The predicted molar refractivity (Wildman–Crippen MR) is 71.0 cm³/mol. The Labute approximate surface area is 111 Å². The molecule has 98 valence electrons. The third-order valence-corrected chi connectivity index (χ3v) is 3.34. The second-order valence-electron chi connectivity index (χ2n) is 4.59. The third-order valence-electron chi connectivity index (χ3n) is 3.34. The van der Waals surface area contributed by atoms with E-state index in [1.54, 1.807) is 6.92 Å². The highest BCUT2D eigenvalue weighted by Gasteiger charge is 2.18. The number of hydrogen-bond donors (Lipinski definition) is 2. The number of aryl methyl sites for hydroxylation is 1. The van der Waals surface area contributed by atoms with Crippen molar-refractivity contribution in [1.82, 2.24) is 10.3 Å². The van der Waals surface area contributed by atoms with Crippen LogP contribution < -0.4 is 10.6 Å². The van der Waals surface area contributed by atoms with Gasteiger partial charge in [-0.15, -0.1) is 0 Å². The molecule has 1 aliphatic rings. The highest BCUT2D eigenvalue weighted by Crippen LogP contribution is 2.23. The summed E-state index contributed by atoms with van der Waals surface area (Å²) in [4.78, 5) is 16.1. The fourth-order valence-electron chi connectivity index (χ4n) is 2.35. The number of carbonyl (C=O) groups is 1. The summed E-state index contributed by atoms with van der Waals surface area (Å²) in [6.07, 6.45) is 2.20. The van der Waals surface area contributed by atoms with Crippen LogP contribution in [0.3, 0.4) is 0 Å². The number of carbonyl (C=O) groups excluding carboxylic acids is 1. The molecular weight excluding hydrogens is 242 g/mol. The fourth-order valence-corrected chi connectivity index (χ4v) is 2.35. The van der Waals surface area contributed by atoms with E-state index in [4.69, 9.17) is 4.42 Å². The van der Waals surface area contributed by atoms with Crippen molar-refractivity contribution in [3.8, 4) is 0 Å². The Bertz CT molecular complexity index is 619. The largest absolute Gasteiger partial charge is 0.438 e. The molecular formula is C14H15N3O2. The Morgan fingerprint density at radius 3 is 3.16 bits per heavy atom. The minimum absolute atomic E-state index is 0.248. The lowest BCUT2D eigenvalue weighted by Gasteiger charge is -2.20. The Morgan fingerprint density at radius 1 is 1.47 bits per heavy atom. The van der Waals surface area contributed by atoms with Gasteiger partial charge in [-0.05, 0) is 37.1 Å². The summed E-state index contributed by atoms with van der Waals surface area (Å²) in [5.41, 5.74) is 3.90. The first kappa shape index (κ1) is 11.9. The average molecular weight is 257 g/mol. The SMILES string of the molecule is Cc1ncoc1C(=O)Nc1cccc2c1CCNC2. The maximum Gasteiger partial charge on any atom is 0.293 e. The van der Waals surface area contributed by atoms with Crippen molar-refractivity contribution < 1.29 is 9.21 Å². The van der Waals surface area contributed by atoms with Gasteiger partial charge in [0.2, 0.25) is 5.76 Å². The van der Waals surface area contributed by atoms with E-state index in [0.29, 0.717) is 5.69 Å². The van der Waals surface area contributed by atoms with Crippen molar-refractivity contribution in [2.45, 2.75) is 19.9 Å². The molecule has 0 saturated carbocycles. The molecule has 0 aliphatic carbocycles. The van der Waals surface area contributed by atoms with Crippen LogP contribution in [0.5, 0.6) is 0 Å². The molecule has 0 atom stereocenters. The molecule has 1 aromatic carbocycles. The van der Waals surface area contributed by atoms with Gasteiger partial charge in [-0.25, -0.2) is 4.98 Å². The molecule has 2 N–H and O–H groups in total. The smallest absolute Gasteiger partial charge is 0.293 e. The number of rotatable bonds is 2. The maximum absolute atomic E-state index is 12.1. The van der Waals surface area contributed by atoms with Crippen LogP contribution in [0, 0.1) is 6.92 Å². The fraction of sp³-hybridized carbons (Fsp3) is 0.286.